The van der Waals surface area contributed by atoms with Crippen molar-refractivity contribution in [3.8, 4) is 0 Å². The Morgan fingerprint density at radius 2 is 2.03 bits per heavy atom. The fourth-order valence-electron chi connectivity index (χ4n) is 3.98. The number of halogens is 1. The van der Waals surface area contributed by atoms with Crippen molar-refractivity contribution in [1.29, 1.82) is 0 Å². The maximum atomic E-state index is 13.3. The van der Waals surface area contributed by atoms with Gasteiger partial charge in [-0.3, -0.25) is 10.2 Å². The van der Waals surface area contributed by atoms with E-state index < -0.39 is 0 Å². The van der Waals surface area contributed by atoms with Crippen molar-refractivity contribution in [2.75, 3.05) is 5.32 Å². The van der Waals surface area contributed by atoms with Crippen LogP contribution in [0.25, 0.3) is 0 Å². The minimum absolute atomic E-state index is 0.115. The van der Waals surface area contributed by atoms with E-state index in [4.69, 9.17) is 0 Å². The van der Waals surface area contributed by atoms with Crippen molar-refractivity contribution in [2.24, 2.45) is 0 Å². The molecule has 1 amide bonds. The number of nitrogens with one attached hydrogen (secondary N) is 3. The summed E-state index contributed by atoms with van der Waals surface area (Å²) >= 11 is 0. The Kier molecular flexibility index (Phi) is 6.11. The van der Waals surface area contributed by atoms with Crippen LogP contribution in [-0.4, -0.2) is 26.9 Å². The molecule has 0 aliphatic carbocycles. The number of hydrazine groups is 1. The van der Waals surface area contributed by atoms with Crippen LogP contribution in [0.3, 0.4) is 0 Å². The normalized spacial score (nSPS) is 19.4. The highest BCUT2D eigenvalue weighted by Crippen LogP contribution is 2.30. The van der Waals surface area contributed by atoms with E-state index in [2.05, 4.69) is 39.5 Å². The van der Waals surface area contributed by atoms with Gasteiger partial charge in [0.2, 0.25) is 0 Å². The molecule has 3 unspecified atom stereocenters. The number of aryl methyl sites for hydroxylation is 1. The average molecular weight is 423 g/mol. The summed E-state index contributed by atoms with van der Waals surface area (Å²) in [4.78, 5) is 12.9. The van der Waals surface area contributed by atoms with Crippen molar-refractivity contribution >= 4 is 11.6 Å². The maximum absolute atomic E-state index is 13.3. The van der Waals surface area contributed by atoms with Crippen LogP contribution in [0.4, 0.5) is 10.1 Å². The average Bonchev–Trinajstić information content (AvgIpc) is 3.41. The number of hydrogen-bond donors (Lipinski definition) is 3. The summed E-state index contributed by atoms with van der Waals surface area (Å²) in [7, 11) is 0. The van der Waals surface area contributed by atoms with Gasteiger partial charge in [-0.25, -0.2) is 14.5 Å². The molecule has 1 fully saturated rings. The largest absolute Gasteiger partial charge is 0.320 e. The molecule has 1 aliphatic rings. The van der Waals surface area contributed by atoms with Gasteiger partial charge in [-0.05, 0) is 56.0 Å². The molecule has 1 saturated heterocycles. The van der Waals surface area contributed by atoms with E-state index >= 15 is 0 Å². The highest BCUT2D eigenvalue weighted by Gasteiger charge is 2.25. The molecule has 0 bridgehead atoms. The second kappa shape index (κ2) is 8.95. The topological polar surface area (TPSA) is 83.9 Å². The van der Waals surface area contributed by atoms with E-state index in [1.807, 2.05) is 26.0 Å². The lowest BCUT2D eigenvalue weighted by atomic mass is 9.98. The Bertz CT molecular complexity index is 1060. The Balaban J connectivity index is 1.54. The third-order valence-corrected chi connectivity index (χ3v) is 5.63. The Morgan fingerprint density at radius 1 is 1.26 bits per heavy atom. The first-order chi connectivity index (χ1) is 14.9. The zero-order valence-corrected chi connectivity index (χ0v) is 17.9. The summed E-state index contributed by atoms with van der Waals surface area (Å²) in [6, 6.07) is 12.6. The van der Waals surface area contributed by atoms with E-state index in [1.165, 1.54) is 12.1 Å². The summed E-state index contributed by atoms with van der Waals surface area (Å²) in [5, 5.41) is 11.2. The van der Waals surface area contributed by atoms with Gasteiger partial charge >= 0.3 is 0 Å². The number of amides is 1. The van der Waals surface area contributed by atoms with Gasteiger partial charge in [-0.1, -0.05) is 42.0 Å². The SMILES string of the molecule is CCC(c1ccc(F)cc1)n1cc(C(=O)Nc2ccc(C)cc2C2CC(C)NN2)nn1. The Labute approximate surface area is 181 Å². The zero-order chi connectivity index (χ0) is 22.0. The number of carbonyl (C=O) groups excluding carboxylic acids is 1. The Morgan fingerprint density at radius 3 is 2.71 bits per heavy atom. The van der Waals surface area contributed by atoms with Gasteiger partial charge in [0.25, 0.3) is 5.91 Å². The summed E-state index contributed by atoms with van der Waals surface area (Å²) < 4.78 is 14.9. The lowest BCUT2D eigenvalue weighted by Crippen LogP contribution is -2.29. The maximum Gasteiger partial charge on any atom is 0.277 e. The van der Waals surface area contributed by atoms with Crippen LogP contribution < -0.4 is 16.2 Å². The van der Waals surface area contributed by atoms with Crippen LogP contribution in [0.2, 0.25) is 0 Å². The van der Waals surface area contributed by atoms with Gasteiger partial charge in [-0.2, -0.15) is 0 Å². The summed E-state index contributed by atoms with van der Waals surface area (Å²) in [5.74, 6) is -0.600. The van der Waals surface area contributed by atoms with Gasteiger partial charge in [0, 0.05) is 17.8 Å². The highest BCUT2D eigenvalue weighted by molar-refractivity contribution is 6.03. The molecule has 4 rings (SSSR count). The molecule has 7 nitrogen and oxygen atoms in total. The second-order valence-electron chi connectivity index (χ2n) is 8.08. The molecule has 162 valence electrons. The number of nitrogens with zero attached hydrogens (tertiary/aromatic N) is 3. The predicted octanol–water partition coefficient (Wildman–Crippen LogP) is 3.90. The number of carbonyl (C=O) groups is 1. The first-order valence-electron chi connectivity index (χ1n) is 10.5. The quantitative estimate of drug-likeness (QED) is 0.561. The minimum atomic E-state index is -0.315. The molecule has 3 N–H and O–H groups in total. The zero-order valence-electron chi connectivity index (χ0n) is 17.9. The third kappa shape index (κ3) is 4.65. The first-order valence-corrected chi connectivity index (χ1v) is 10.5. The molecule has 0 saturated carbocycles. The first kappa shape index (κ1) is 21.1. The highest BCUT2D eigenvalue weighted by atomic mass is 19.1. The molecule has 1 aliphatic heterocycles. The molecule has 2 heterocycles. The molecule has 0 spiro atoms. The van der Waals surface area contributed by atoms with E-state index in [1.54, 1.807) is 23.0 Å². The number of aromatic nitrogens is 3. The third-order valence-electron chi connectivity index (χ3n) is 5.63. The summed E-state index contributed by atoms with van der Waals surface area (Å²) in [6.45, 7) is 6.16. The molecule has 31 heavy (non-hydrogen) atoms. The van der Waals surface area contributed by atoms with Gasteiger partial charge in [0.05, 0.1) is 12.2 Å². The number of rotatable bonds is 6. The van der Waals surface area contributed by atoms with E-state index in [0.717, 1.165) is 35.2 Å². The fraction of sp³-hybridized carbons (Fsp3) is 0.348. The molecule has 0 radical (unpaired) electrons. The summed E-state index contributed by atoms with van der Waals surface area (Å²) in [5.41, 5.74) is 10.6. The van der Waals surface area contributed by atoms with Crippen LogP contribution >= 0.6 is 0 Å². The molecule has 2 aromatic carbocycles. The number of hydrogen-bond acceptors (Lipinski definition) is 5. The number of anilines is 1. The predicted molar refractivity (Wildman–Crippen MR) is 117 cm³/mol. The smallest absolute Gasteiger partial charge is 0.277 e. The van der Waals surface area contributed by atoms with E-state index in [0.29, 0.717) is 6.04 Å². The minimum Gasteiger partial charge on any atom is -0.320 e. The lowest BCUT2D eigenvalue weighted by Gasteiger charge is -2.17. The van der Waals surface area contributed by atoms with Crippen molar-refractivity contribution in [3.05, 3.63) is 76.9 Å². The van der Waals surface area contributed by atoms with Gasteiger partial charge in [0.15, 0.2) is 5.69 Å². The van der Waals surface area contributed by atoms with Crippen molar-refractivity contribution < 1.29 is 9.18 Å². The van der Waals surface area contributed by atoms with Gasteiger partial charge < -0.3 is 5.32 Å². The van der Waals surface area contributed by atoms with Crippen LogP contribution in [0.5, 0.6) is 0 Å². The number of benzene rings is 2. The lowest BCUT2D eigenvalue weighted by molar-refractivity contribution is 0.102. The van der Waals surface area contributed by atoms with Crippen molar-refractivity contribution in [3.63, 3.8) is 0 Å². The fourth-order valence-corrected chi connectivity index (χ4v) is 3.98. The molecular formula is C23H27FN6O. The van der Waals surface area contributed by atoms with Crippen LogP contribution in [-0.2, 0) is 0 Å². The molecule has 3 atom stereocenters. The molecule has 1 aromatic heterocycles. The van der Waals surface area contributed by atoms with Crippen LogP contribution in [0.1, 0.15) is 66.0 Å². The monoisotopic (exact) mass is 422 g/mol. The van der Waals surface area contributed by atoms with Crippen LogP contribution in [0, 0.1) is 12.7 Å². The van der Waals surface area contributed by atoms with Crippen molar-refractivity contribution in [1.82, 2.24) is 25.8 Å². The molecule has 8 heteroatoms. The van der Waals surface area contributed by atoms with E-state index in [-0.39, 0.29) is 29.5 Å². The van der Waals surface area contributed by atoms with Crippen molar-refractivity contribution in [2.45, 2.75) is 51.7 Å². The molecular weight excluding hydrogens is 395 g/mol. The summed E-state index contributed by atoms with van der Waals surface area (Å²) in [6.07, 6.45) is 3.30. The van der Waals surface area contributed by atoms with E-state index in [9.17, 15) is 9.18 Å². The van der Waals surface area contributed by atoms with Crippen LogP contribution in [0.15, 0.2) is 48.7 Å². The van der Waals surface area contributed by atoms with Gasteiger partial charge in [0.1, 0.15) is 5.82 Å². The second-order valence-corrected chi connectivity index (χ2v) is 8.08. The molecule has 3 aromatic rings. The standard InChI is InChI=1S/C23H27FN6O/c1-4-22(16-6-8-17(24)9-7-16)30-13-21(28-29-30)23(31)25-19-10-5-14(2)11-18(19)20-12-15(3)26-27-20/h5-11,13,15,20,22,26-27H,4,12H2,1-3H3,(H,25,31). The Hall–Kier alpha value is -3.10. The van der Waals surface area contributed by atoms with Gasteiger partial charge in [-0.15, -0.1) is 5.10 Å².